The van der Waals surface area contributed by atoms with Crippen molar-refractivity contribution in [3.8, 4) is 0 Å². The van der Waals surface area contributed by atoms with Crippen molar-refractivity contribution < 1.29 is 9.59 Å². The van der Waals surface area contributed by atoms with Crippen molar-refractivity contribution >= 4 is 24.6 Å². The van der Waals surface area contributed by atoms with E-state index < -0.39 is 8.07 Å². The maximum Gasteiger partial charge on any atom is 0.214 e. The molecule has 2 rings (SSSR count). The van der Waals surface area contributed by atoms with E-state index in [1.54, 1.807) is 49.5 Å². The summed E-state index contributed by atoms with van der Waals surface area (Å²) in [6, 6.07) is 14.1. The van der Waals surface area contributed by atoms with Crippen LogP contribution in [0.15, 0.2) is 48.5 Å². The van der Waals surface area contributed by atoms with Gasteiger partial charge >= 0.3 is 0 Å². The molecule has 0 bridgehead atoms. The number of benzene rings is 2. The van der Waals surface area contributed by atoms with Crippen molar-refractivity contribution in [1.29, 1.82) is 0 Å². The van der Waals surface area contributed by atoms with E-state index in [0.29, 0.717) is 16.8 Å². The molecule has 0 aromatic heterocycles. The third-order valence-corrected chi connectivity index (χ3v) is 6.47. The van der Waals surface area contributed by atoms with Crippen molar-refractivity contribution in [2.24, 2.45) is 0 Å². The molecule has 108 valence electrons. The Bertz CT molecular complexity index is 613. The Balaban J connectivity index is 2.32. The molecular formula is C17H19NO2Si. The van der Waals surface area contributed by atoms with Crippen molar-refractivity contribution in [2.75, 3.05) is 5.73 Å². The molecule has 0 aliphatic carbocycles. The summed E-state index contributed by atoms with van der Waals surface area (Å²) in [5, 5.41) is -0.0996. The zero-order chi connectivity index (χ0) is 15.6. The maximum atomic E-state index is 12.7. The number of nitrogens with two attached hydrogens (primary N) is 1. The van der Waals surface area contributed by atoms with Crippen LogP contribution in [0.2, 0.25) is 13.1 Å². The van der Waals surface area contributed by atoms with Gasteiger partial charge in [-0.15, -0.1) is 0 Å². The van der Waals surface area contributed by atoms with E-state index in [9.17, 15) is 9.59 Å². The second-order valence-electron chi connectivity index (χ2n) is 5.77. The number of hydrogen-bond acceptors (Lipinski definition) is 3. The summed E-state index contributed by atoms with van der Waals surface area (Å²) in [5.74, 6) is 0. The van der Waals surface area contributed by atoms with Gasteiger partial charge in [0.05, 0.1) is 0 Å². The highest BCUT2D eigenvalue weighted by atomic mass is 28.3. The third-order valence-electron chi connectivity index (χ3n) is 3.62. The third kappa shape index (κ3) is 3.11. The Morgan fingerprint density at radius 1 is 0.810 bits per heavy atom. The van der Waals surface area contributed by atoms with Gasteiger partial charge in [-0.3, -0.25) is 9.59 Å². The molecule has 21 heavy (non-hydrogen) atoms. The van der Waals surface area contributed by atoms with Gasteiger partial charge in [-0.05, 0) is 31.2 Å². The number of rotatable bonds is 4. The number of nitrogen functional groups attached to an aromatic ring is 1. The van der Waals surface area contributed by atoms with Gasteiger partial charge in [-0.2, -0.15) is 0 Å². The van der Waals surface area contributed by atoms with Gasteiger partial charge in [-0.25, -0.2) is 0 Å². The summed E-state index contributed by atoms with van der Waals surface area (Å²) in [6.07, 6.45) is 0. The maximum absolute atomic E-state index is 12.7. The van der Waals surface area contributed by atoms with Crippen LogP contribution >= 0.6 is 0 Å². The van der Waals surface area contributed by atoms with Gasteiger partial charge in [0.15, 0.2) is 0 Å². The number of hydrogen-bond donors (Lipinski definition) is 1. The van der Waals surface area contributed by atoms with Crippen LogP contribution in [0.5, 0.6) is 0 Å². The van der Waals surface area contributed by atoms with Crippen LogP contribution in [0.25, 0.3) is 0 Å². The van der Waals surface area contributed by atoms with Crippen LogP contribution in [0.4, 0.5) is 5.69 Å². The molecule has 0 unspecified atom stereocenters. The predicted molar refractivity (Wildman–Crippen MR) is 88.2 cm³/mol. The fraction of sp³-hybridized carbons (Fsp3) is 0.176. The topological polar surface area (TPSA) is 60.2 Å². The van der Waals surface area contributed by atoms with Crippen LogP contribution < -0.4 is 5.73 Å². The first-order valence-corrected chi connectivity index (χ1v) is 9.84. The Morgan fingerprint density at radius 2 is 1.19 bits per heavy atom. The van der Waals surface area contributed by atoms with Crippen LogP contribution in [0.1, 0.15) is 26.3 Å². The van der Waals surface area contributed by atoms with E-state index in [1.807, 2.05) is 19.1 Å². The molecule has 0 amide bonds. The average Bonchev–Trinajstić information content (AvgIpc) is 2.47. The Kier molecular flexibility index (Phi) is 4.09. The lowest BCUT2D eigenvalue weighted by Crippen LogP contribution is -2.46. The van der Waals surface area contributed by atoms with Crippen molar-refractivity contribution in [3.63, 3.8) is 0 Å². The highest BCUT2D eigenvalue weighted by Gasteiger charge is 2.40. The van der Waals surface area contributed by atoms with Crippen LogP contribution in [-0.4, -0.2) is 18.9 Å². The molecular weight excluding hydrogens is 278 g/mol. The summed E-state index contributed by atoms with van der Waals surface area (Å²) in [5.41, 5.74) is 8.50. The van der Waals surface area contributed by atoms with E-state index in [4.69, 9.17) is 5.73 Å². The number of carbonyl (C=O) groups is 2. The molecule has 0 spiro atoms. The summed E-state index contributed by atoms with van der Waals surface area (Å²) in [7, 11) is -2.75. The fourth-order valence-corrected chi connectivity index (χ4v) is 4.15. The predicted octanol–water partition coefficient (Wildman–Crippen LogP) is 3.43. The van der Waals surface area contributed by atoms with E-state index >= 15 is 0 Å². The molecule has 0 saturated heterocycles. The quantitative estimate of drug-likeness (QED) is 0.694. The Morgan fingerprint density at radius 3 is 1.62 bits per heavy atom. The molecule has 0 heterocycles. The SMILES string of the molecule is Cc1ccc(C(=O)[Si](C)(C)C(=O)c2ccc(N)cc2)cc1. The van der Waals surface area contributed by atoms with E-state index in [1.165, 1.54) is 0 Å². The molecule has 0 fully saturated rings. The highest BCUT2D eigenvalue weighted by molar-refractivity contribution is 7.26. The molecule has 2 aromatic carbocycles. The second kappa shape index (κ2) is 5.66. The molecule has 0 aliphatic rings. The molecule has 4 heteroatoms. The van der Waals surface area contributed by atoms with Gasteiger partial charge in [0.1, 0.15) is 10.8 Å². The summed E-state index contributed by atoms with van der Waals surface area (Å²) in [6.45, 7) is 5.57. The minimum absolute atomic E-state index is 0.0377. The molecule has 2 N–H and O–H groups in total. The molecule has 0 atom stereocenters. The summed E-state index contributed by atoms with van der Waals surface area (Å²) >= 11 is 0. The van der Waals surface area contributed by atoms with Crippen molar-refractivity contribution in [2.45, 2.75) is 20.0 Å². The zero-order valence-corrected chi connectivity index (χ0v) is 13.5. The molecule has 0 aliphatic heterocycles. The fourth-order valence-electron chi connectivity index (χ4n) is 2.16. The number of anilines is 1. The second-order valence-corrected chi connectivity index (χ2v) is 9.93. The van der Waals surface area contributed by atoms with Crippen LogP contribution in [0.3, 0.4) is 0 Å². The van der Waals surface area contributed by atoms with Gasteiger partial charge in [-0.1, -0.05) is 42.9 Å². The van der Waals surface area contributed by atoms with E-state index in [-0.39, 0.29) is 10.8 Å². The van der Waals surface area contributed by atoms with E-state index in [0.717, 1.165) is 5.56 Å². The van der Waals surface area contributed by atoms with Gasteiger partial charge in [0, 0.05) is 16.8 Å². The number of aryl methyl sites for hydroxylation is 1. The van der Waals surface area contributed by atoms with Crippen molar-refractivity contribution in [1.82, 2.24) is 0 Å². The molecule has 2 aromatic rings. The first-order valence-electron chi connectivity index (χ1n) is 6.84. The minimum Gasteiger partial charge on any atom is -0.399 e. The largest absolute Gasteiger partial charge is 0.399 e. The molecule has 0 saturated carbocycles. The molecule has 0 radical (unpaired) electrons. The zero-order valence-electron chi connectivity index (χ0n) is 12.5. The summed E-state index contributed by atoms with van der Waals surface area (Å²) in [4.78, 5) is 25.3. The summed E-state index contributed by atoms with van der Waals surface area (Å²) < 4.78 is 0. The lowest BCUT2D eigenvalue weighted by Gasteiger charge is -2.19. The van der Waals surface area contributed by atoms with Crippen LogP contribution in [-0.2, 0) is 0 Å². The van der Waals surface area contributed by atoms with Gasteiger partial charge in [0.25, 0.3) is 0 Å². The smallest absolute Gasteiger partial charge is 0.214 e. The first kappa shape index (κ1) is 15.2. The number of carbonyl (C=O) groups excluding carboxylic acids is 2. The van der Waals surface area contributed by atoms with Gasteiger partial charge < -0.3 is 5.73 Å². The minimum atomic E-state index is -2.75. The lowest BCUT2D eigenvalue weighted by atomic mass is 10.2. The normalized spacial score (nSPS) is 11.2. The monoisotopic (exact) mass is 297 g/mol. The van der Waals surface area contributed by atoms with Crippen LogP contribution in [0, 0.1) is 6.92 Å². The van der Waals surface area contributed by atoms with E-state index in [2.05, 4.69) is 0 Å². The van der Waals surface area contributed by atoms with Gasteiger partial charge in [0.2, 0.25) is 8.07 Å². The Hall–Kier alpha value is -2.20. The molecule has 3 nitrogen and oxygen atoms in total. The first-order chi connectivity index (χ1) is 9.82. The Labute approximate surface area is 125 Å². The highest BCUT2D eigenvalue weighted by Crippen LogP contribution is 2.19. The average molecular weight is 297 g/mol. The lowest BCUT2D eigenvalue weighted by molar-refractivity contribution is 0.102. The van der Waals surface area contributed by atoms with Crippen molar-refractivity contribution in [3.05, 3.63) is 65.2 Å². The standard InChI is InChI=1S/C17H19NO2Si/c1-12-4-6-13(7-5-12)16(19)21(2,3)17(20)14-8-10-15(18)11-9-14/h4-11H,18H2,1-3H3.